The van der Waals surface area contributed by atoms with Crippen molar-refractivity contribution in [1.29, 1.82) is 0 Å². The van der Waals surface area contributed by atoms with Crippen LogP contribution in [0.15, 0.2) is 194 Å². The van der Waals surface area contributed by atoms with E-state index in [2.05, 4.69) is 203 Å². The highest BCUT2D eigenvalue weighted by atomic mass is 15.2. The second-order valence-corrected chi connectivity index (χ2v) is 14.6. The fourth-order valence-electron chi connectivity index (χ4n) is 9.07. The van der Waals surface area contributed by atoms with Crippen molar-refractivity contribution in [2.45, 2.75) is 0 Å². The molecule has 0 saturated carbocycles. The van der Waals surface area contributed by atoms with Crippen molar-refractivity contribution < 1.29 is 0 Å². The summed E-state index contributed by atoms with van der Waals surface area (Å²) in [6.45, 7) is 0. The van der Waals surface area contributed by atoms with Crippen LogP contribution < -0.4 is 0 Å². The van der Waals surface area contributed by atoms with E-state index in [0.29, 0.717) is 5.95 Å². The Morgan fingerprint density at radius 2 is 1.02 bits per heavy atom. The van der Waals surface area contributed by atoms with Gasteiger partial charge in [0.2, 0.25) is 5.95 Å². The summed E-state index contributed by atoms with van der Waals surface area (Å²) in [6.07, 6.45) is 0. The number of rotatable bonds is 4. The van der Waals surface area contributed by atoms with Crippen LogP contribution in [0.1, 0.15) is 0 Å². The Morgan fingerprint density at radius 3 is 1.86 bits per heavy atom. The fourth-order valence-corrected chi connectivity index (χ4v) is 9.07. The zero-order valence-electron chi connectivity index (χ0n) is 30.3. The molecule has 0 saturated heterocycles. The van der Waals surface area contributed by atoms with Crippen LogP contribution in [0.2, 0.25) is 0 Å². The van der Waals surface area contributed by atoms with Crippen LogP contribution >= 0.6 is 0 Å². The smallest absolute Gasteiger partial charge is 0.235 e. The van der Waals surface area contributed by atoms with Gasteiger partial charge < -0.3 is 4.57 Å². The Bertz CT molecular complexity index is 3520. The first-order chi connectivity index (χ1) is 27.8. The summed E-state index contributed by atoms with van der Waals surface area (Å²) in [4.78, 5) is 10.9. The third kappa shape index (κ3) is 4.47. The summed E-state index contributed by atoms with van der Waals surface area (Å²) < 4.78 is 4.73. The van der Waals surface area contributed by atoms with Crippen LogP contribution in [0.25, 0.3) is 110 Å². The standard InChI is InChI=1S/C52H32N4/c1-3-16-34(17-4-1)50-42-24-11-13-25-44(42)53-52(54-50)56-46-30-28-33-15-7-9-21-38(33)49(46)43-31-35-18-8-10-22-39(35)48(51(43)56)36-27-29-41-40-23-12-14-26-45(40)55(47(41)32-36)37-19-5-2-6-20-37/h1-32H. The highest BCUT2D eigenvalue weighted by molar-refractivity contribution is 6.27. The second kappa shape index (κ2) is 12.0. The number of fused-ring (bicyclic) bond motifs is 10. The van der Waals surface area contributed by atoms with Gasteiger partial charge in [-0.25, -0.2) is 9.97 Å². The molecule has 12 aromatic rings. The van der Waals surface area contributed by atoms with Gasteiger partial charge in [-0.15, -0.1) is 0 Å². The van der Waals surface area contributed by atoms with Crippen molar-refractivity contribution in [3.8, 4) is 34.0 Å². The SMILES string of the molecule is c1ccc(-c2nc(-n3c4ccc5ccccc5c4c4cc5ccccc5c(-c5ccc6c7ccccc7n(-c7ccccc7)c6c5)c43)nc3ccccc23)cc1. The Hall–Kier alpha value is -7.56. The molecule has 0 fully saturated rings. The van der Waals surface area contributed by atoms with Gasteiger partial charge in [0.05, 0.1) is 33.3 Å². The number of benzene rings is 9. The maximum atomic E-state index is 5.49. The van der Waals surface area contributed by atoms with Gasteiger partial charge in [0.1, 0.15) is 0 Å². The lowest BCUT2D eigenvalue weighted by atomic mass is 9.93. The van der Waals surface area contributed by atoms with Crippen LogP contribution in [0, 0.1) is 0 Å². The average molecular weight is 713 g/mol. The molecule has 0 aliphatic heterocycles. The van der Waals surface area contributed by atoms with E-state index in [1.54, 1.807) is 0 Å². The number of hydrogen-bond donors (Lipinski definition) is 0. The van der Waals surface area contributed by atoms with Crippen molar-refractivity contribution >= 4 is 76.1 Å². The van der Waals surface area contributed by atoms with E-state index >= 15 is 0 Å². The molecular weight excluding hydrogens is 681 g/mol. The highest BCUT2D eigenvalue weighted by Gasteiger charge is 2.24. The van der Waals surface area contributed by atoms with E-state index in [1.807, 2.05) is 0 Å². The number of aromatic nitrogens is 4. The van der Waals surface area contributed by atoms with Gasteiger partial charge in [-0.1, -0.05) is 152 Å². The molecule has 4 nitrogen and oxygen atoms in total. The Morgan fingerprint density at radius 1 is 0.357 bits per heavy atom. The molecule has 260 valence electrons. The molecule has 0 N–H and O–H groups in total. The molecule has 12 rings (SSSR count). The maximum absolute atomic E-state index is 5.49. The van der Waals surface area contributed by atoms with Crippen LogP contribution in [0.4, 0.5) is 0 Å². The summed E-state index contributed by atoms with van der Waals surface area (Å²) in [7, 11) is 0. The summed E-state index contributed by atoms with van der Waals surface area (Å²) in [5.41, 5.74) is 10.8. The first kappa shape index (κ1) is 30.9. The Kier molecular flexibility index (Phi) is 6.60. The Labute approximate surface area is 322 Å². The van der Waals surface area contributed by atoms with E-state index in [9.17, 15) is 0 Å². The zero-order valence-corrected chi connectivity index (χ0v) is 30.3. The first-order valence-corrected chi connectivity index (χ1v) is 19.1. The van der Waals surface area contributed by atoms with Gasteiger partial charge in [-0.2, -0.15) is 0 Å². The molecule has 56 heavy (non-hydrogen) atoms. The molecule has 0 bridgehead atoms. The molecule has 0 atom stereocenters. The third-order valence-electron chi connectivity index (χ3n) is 11.5. The van der Waals surface area contributed by atoms with Crippen LogP contribution in [-0.4, -0.2) is 19.1 Å². The number of hydrogen-bond acceptors (Lipinski definition) is 2. The quantitative estimate of drug-likeness (QED) is 0.182. The molecule has 0 unspecified atom stereocenters. The molecule has 9 aromatic carbocycles. The summed E-state index contributed by atoms with van der Waals surface area (Å²) in [6, 6.07) is 69.6. The fraction of sp³-hybridized carbons (Fsp3) is 0. The van der Waals surface area contributed by atoms with Crippen molar-refractivity contribution in [1.82, 2.24) is 19.1 Å². The van der Waals surface area contributed by atoms with Gasteiger partial charge >= 0.3 is 0 Å². The molecule has 0 aliphatic rings. The van der Waals surface area contributed by atoms with Crippen molar-refractivity contribution in [2.24, 2.45) is 0 Å². The van der Waals surface area contributed by atoms with Gasteiger partial charge in [0.15, 0.2) is 0 Å². The lowest BCUT2D eigenvalue weighted by Crippen LogP contribution is -2.04. The van der Waals surface area contributed by atoms with E-state index in [1.165, 1.54) is 48.6 Å². The summed E-state index contributed by atoms with van der Waals surface area (Å²) >= 11 is 0. The predicted molar refractivity (Wildman–Crippen MR) is 234 cm³/mol. The molecule has 3 heterocycles. The van der Waals surface area contributed by atoms with Crippen molar-refractivity contribution in [3.63, 3.8) is 0 Å². The lowest BCUT2D eigenvalue weighted by molar-refractivity contribution is 1.01. The zero-order chi connectivity index (χ0) is 36.7. The van der Waals surface area contributed by atoms with E-state index < -0.39 is 0 Å². The summed E-state index contributed by atoms with van der Waals surface area (Å²) in [5.74, 6) is 0.647. The van der Waals surface area contributed by atoms with Gasteiger partial charge in [-0.05, 0) is 69.6 Å². The third-order valence-corrected chi connectivity index (χ3v) is 11.5. The molecule has 0 radical (unpaired) electrons. The molecule has 0 spiro atoms. The first-order valence-electron chi connectivity index (χ1n) is 19.1. The van der Waals surface area contributed by atoms with Gasteiger partial charge in [0.25, 0.3) is 0 Å². The van der Waals surface area contributed by atoms with E-state index in [0.717, 1.165) is 55.5 Å². The normalized spacial score (nSPS) is 11.9. The molecule has 0 aliphatic carbocycles. The second-order valence-electron chi connectivity index (χ2n) is 14.6. The molecule has 0 amide bonds. The maximum Gasteiger partial charge on any atom is 0.235 e. The van der Waals surface area contributed by atoms with E-state index in [-0.39, 0.29) is 0 Å². The van der Waals surface area contributed by atoms with Crippen LogP contribution in [0.3, 0.4) is 0 Å². The van der Waals surface area contributed by atoms with Gasteiger partial charge in [0, 0.05) is 43.7 Å². The lowest BCUT2D eigenvalue weighted by Gasteiger charge is -2.16. The minimum Gasteiger partial charge on any atom is -0.309 e. The number of para-hydroxylation sites is 3. The van der Waals surface area contributed by atoms with E-state index in [4.69, 9.17) is 9.97 Å². The molecular formula is C52H32N4. The van der Waals surface area contributed by atoms with Crippen molar-refractivity contribution in [3.05, 3.63) is 194 Å². The van der Waals surface area contributed by atoms with Crippen LogP contribution in [-0.2, 0) is 0 Å². The largest absolute Gasteiger partial charge is 0.309 e. The van der Waals surface area contributed by atoms with Crippen molar-refractivity contribution in [2.75, 3.05) is 0 Å². The predicted octanol–water partition coefficient (Wildman–Crippen LogP) is 13.5. The molecule has 3 aromatic heterocycles. The Balaban J connectivity index is 1.27. The monoisotopic (exact) mass is 712 g/mol. The minimum atomic E-state index is 0.647. The van der Waals surface area contributed by atoms with Crippen LogP contribution in [0.5, 0.6) is 0 Å². The van der Waals surface area contributed by atoms with Gasteiger partial charge in [-0.3, -0.25) is 4.57 Å². The average Bonchev–Trinajstić information content (AvgIpc) is 3.78. The number of nitrogens with zero attached hydrogens (tertiary/aromatic N) is 4. The topological polar surface area (TPSA) is 35.6 Å². The minimum absolute atomic E-state index is 0.647. The highest BCUT2D eigenvalue weighted by Crippen LogP contribution is 2.46. The molecule has 4 heteroatoms. The summed E-state index contributed by atoms with van der Waals surface area (Å²) in [5, 5.41) is 10.6.